The van der Waals surface area contributed by atoms with Gasteiger partial charge in [-0.25, -0.2) is 9.59 Å². The minimum Gasteiger partial charge on any atom is -0.460 e. The lowest BCUT2D eigenvalue weighted by Gasteiger charge is -2.29. The molecular weight excluding hydrogens is 446 g/mol. The molecule has 15 nitrogen and oxygen atoms in total. The summed E-state index contributed by atoms with van der Waals surface area (Å²) in [6.45, 7) is 2.12. The van der Waals surface area contributed by atoms with Gasteiger partial charge in [0.2, 0.25) is 6.33 Å². The largest absolute Gasteiger partial charge is 0.460 e. The van der Waals surface area contributed by atoms with E-state index in [1.165, 1.54) is 32.0 Å². The average molecular weight is 469 g/mol. The van der Waals surface area contributed by atoms with Crippen LogP contribution in [0.1, 0.15) is 25.5 Å². The number of nitrogens with one attached hydrogen (secondary N) is 1. The normalized spacial score (nSPS) is 15.7. The first-order valence-electron chi connectivity index (χ1n) is 9.54. The van der Waals surface area contributed by atoms with Gasteiger partial charge in [0.25, 0.3) is 5.09 Å². The van der Waals surface area contributed by atoms with Crippen molar-refractivity contribution >= 4 is 17.8 Å². The van der Waals surface area contributed by atoms with Gasteiger partial charge in [0.1, 0.15) is 25.5 Å². The van der Waals surface area contributed by atoms with Crippen molar-refractivity contribution in [3.8, 4) is 0 Å². The van der Waals surface area contributed by atoms with Crippen molar-refractivity contribution in [3.63, 3.8) is 0 Å². The zero-order valence-corrected chi connectivity index (χ0v) is 18.4. The van der Waals surface area contributed by atoms with E-state index in [4.69, 9.17) is 14.2 Å². The van der Waals surface area contributed by atoms with Gasteiger partial charge in [-0.15, -0.1) is 10.1 Å². The number of allylic oxidation sites excluding steroid dienone is 2. The van der Waals surface area contributed by atoms with Crippen LogP contribution >= 0.6 is 0 Å². The lowest BCUT2D eigenvalue weighted by Crippen LogP contribution is -2.34. The zero-order valence-electron chi connectivity index (χ0n) is 18.4. The highest BCUT2D eigenvalue weighted by atomic mass is 17.0. The Balaban J connectivity index is 2.53. The number of nitrogens with zero attached hydrogens (tertiary/aromatic N) is 4. The summed E-state index contributed by atoms with van der Waals surface area (Å²) >= 11 is 0. The molecule has 1 unspecified atom stereocenters. The van der Waals surface area contributed by atoms with E-state index in [1.54, 1.807) is 6.92 Å². The molecule has 0 saturated heterocycles. The summed E-state index contributed by atoms with van der Waals surface area (Å²) in [6, 6.07) is 0. The molecule has 15 heteroatoms. The molecule has 1 aliphatic heterocycles. The first-order valence-corrected chi connectivity index (χ1v) is 9.54. The molecule has 0 bridgehead atoms. The quantitative estimate of drug-likeness (QED) is 0.205. The van der Waals surface area contributed by atoms with Gasteiger partial charge < -0.3 is 39.0 Å². The number of aryl methyl sites for hydroxylation is 1. The predicted octanol–water partition coefficient (Wildman–Crippen LogP) is 0.504. The number of carbonyl (C=O) groups is 2. The Morgan fingerprint density at radius 3 is 2.09 bits per heavy atom. The van der Waals surface area contributed by atoms with Crippen LogP contribution in [0.4, 0.5) is 5.82 Å². The molecule has 33 heavy (non-hydrogen) atoms. The molecule has 2 rings (SSSR count). The monoisotopic (exact) mass is 469 g/mol. The minimum absolute atomic E-state index is 0.0487. The van der Waals surface area contributed by atoms with Crippen LogP contribution in [0, 0.1) is 20.2 Å². The van der Waals surface area contributed by atoms with Crippen molar-refractivity contribution < 1.29 is 38.6 Å². The molecule has 1 aromatic rings. The van der Waals surface area contributed by atoms with E-state index in [1.807, 2.05) is 0 Å². The van der Waals surface area contributed by atoms with Crippen LogP contribution in [0.5, 0.6) is 0 Å². The summed E-state index contributed by atoms with van der Waals surface area (Å²) in [5, 5.41) is 23.8. The molecule has 180 valence electrons. The van der Waals surface area contributed by atoms with Crippen LogP contribution in [0.15, 0.2) is 28.9 Å². The first kappa shape index (κ1) is 25.3. The van der Waals surface area contributed by atoms with E-state index in [9.17, 15) is 29.8 Å². The Morgan fingerprint density at radius 2 is 1.61 bits per heavy atom. The van der Waals surface area contributed by atoms with Crippen molar-refractivity contribution in [2.75, 3.05) is 33.5 Å². The fourth-order valence-corrected chi connectivity index (χ4v) is 3.33. The van der Waals surface area contributed by atoms with E-state index in [-0.39, 0.29) is 35.8 Å². The highest BCUT2D eigenvalue weighted by Crippen LogP contribution is 2.42. The predicted molar refractivity (Wildman–Crippen MR) is 108 cm³/mol. The van der Waals surface area contributed by atoms with Crippen molar-refractivity contribution in [2.24, 2.45) is 7.05 Å². The number of rotatable bonds is 11. The number of dihydropyridines is 1. The number of hydrogen-bond donors (Lipinski definition) is 1. The standard InChI is InChI=1S/C18H23N5O10/c1-10-12(17(24)31-6-5-30-4)14(15-16(22(26)27)19-9-21(15)3)13(11(2)20-10)18(25)32-7-8-33-23(28)29/h9,14,20H,5-8H2,1-4H3. The number of imidazole rings is 1. The molecule has 0 radical (unpaired) electrons. The van der Waals surface area contributed by atoms with E-state index < -0.39 is 46.9 Å². The molecule has 2 heterocycles. The zero-order chi connectivity index (χ0) is 24.7. The van der Waals surface area contributed by atoms with Gasteiger partial charge in [-0.1, -0.05) is 0 Å². The maximum Gasteiger partial charge on any atom is 0.385 e. The molecule has 1 aromatic heterocycles. The molecule has 0 amide bonds. The number of hydrogen-bond acceptors (Lipinski definition) is 12. The summed E-state index contributed by atoms with van der Waals surface area (Å²) < 4.78 is 16.5. The second-order valence-corrected chi connectivity index (χ2v) is 6.78. The van der Waals surface area contributed by atoms with Gasteiger partial charge in [-0.05, 0) is 23.8 Å². The molecule has 0 spiro atoms. The highest BCUT2D eigenvalue weighted by molar-refractivity contribution is 6.00. The molecule has 0 fully saturated rings. The van der Waals surface area contributed by atoms with E-state index in [0.29, 0.717) is 5.70 Å². The summed E-state index contributed by atoms with van der Waals surface area (Å²) in [5.74, 6) is -3.61. The van der Waals surface area contributed by atoms with Gasteiger partial charge in [0.05, 0.1) is 23.7 Å². The third-order valence-corrected chi connectivity index (χ3v) is 4.64. The lowest BCUT2D eigenvalue weighted by atomic mass is 9.82. The summed E-state index contributed by atoms with van der Waals surface area (Å²) in [6.07, 6.45) is 1.18. The molecule has 1 atom stereocenters. The topological polar surface area (TPSA) is 187 Å². The number of nitro groups is 1. The van der Waals surface area contributed by atoms with E-state index >= 15 is 0 Å². The third kappa shape index (κ3) is 5.82. The maximum atomic E-state index is 12.9. The van der Waals surface area contributed by atoms with Gasteiger partial charge in [-0.3, -0.25) is 0 Å². The van der Waals surface area contributed by atoms with Crippen LogP contribution in [0.25, 0.3) is 0 Å². The van der Waals surface area contributed by atoms with Gasteiger partial charge in [0, 0.05) is 25.6 Å². The second-order valence-electron chi connectivity index (χ2n) is 6.78. The summed E-state index contributed by atoms with van der Waals surface area (Å²) in [4.78, 5) is 55.0. The summed E-state index contributed by atoms with van der Waals surface area (Å²) in [7, 11) is 2.90. The Morgan fingerprint density at radius 1 is 1.06 bits per heavy atom. The second kappa shape index (κ2) is 11.0. The molecule has 0 saturated carbocycles. The SMILES string of the molecule is COCCOC(=O)C1=C(C)NC(C)=C(C(=O)OCCO[N+](=O)[O-])C1c1c([N+](=O)[O-])ncn1C. The van der Waals surface area contributed by atoms with Crippen molar-refractivity contribution in [2.45, 2.75) is 19.8 Å². The smallest absolute Gasteiger partial charge is 0.385 e. The third-order valence-electron chi connectivity index (χ3n) is 4.64. The van der Waals surface area contributed by atoms with Crippen LogP contribution < -0.4 is 5.32 Å². The van der Waals surface area contributed by atoms with Gasteiger partial charge in [-0.2, -0.15) is 0 Å². The number of carbonyl (C=O) groups excluding carboxylic acids is 2. The van der Waals surface area contributed by atoms with E-state index in [0.717, 1.165) is 0 Å². The fraction of sp³-hybridized carbons (Fsp3) is 0.500. The molecule has 0 aliphatic carbocycles. The van der Waals surface area contributed by atoms with Crippen molar-refractivity contribution in [3.05, 3.63) is 54.8 Å². The van der Waals surface area contributed by atoms with Crippen LogP contribution in [-0.4, -0.2) is 65.0 Å². The average Bonchev–Trinajstić information content (AvgIpc) is 3.11. The number of methoxy groups -OCH3 is 1. The summed E-state index contributed by atoms with van der Waals surface area (Å²) in [5.41, 5.74) is 0.349. The fourth-order valence-electron chi connectivity index (χ4n) is 3.33. The Kier molecular flexibility index (Phi) is 8.44. The van der Waals surface area contributed by atoms with Crippen molar-refractivity contribution in [1.82, 2.24) is 14.9 Å². The first-order chi connectivity index (χ1) is 15.6. The molecular formula is C18H23N5O10. The molecule has 1 N–H and O–H groups in total. The van der Waals surface area contributed by atoms with Gasteiger partial charge >= 0.3 is 17.8 Å². The Hall–Kier alpha value is -4.01. The maximum absolute atomic E-state index is 12.9. The van der Waals surface area contributed by atoms with Crippen molar-refractivity contribution in [1.29, 1.82) is 0 Å². The van der Waals surface area contributed by atoms with E-state index in [2.05, 4.69) is 15.1 Å². The van der Waals surface area contributed by atoms with Crippen LogP contribution in [-0.2, 0) is 35.7 Å². The van der Waals surface area contributed by atoms with Crippen LogP contribution in [0.2, 0.25) is 0 Å². The van der Waals surface area contributed by atoms with Gasteiger partial charge in [0.15, 0.2) is 0 Å². The minimum atomic E-state index is -1.27. The highest BCUT2D eigenvalue weighted by Gasteiger charge is 2.43. The molecule has 1 aliphatic rings. The number of ether oxygens (including phenoxy) is 3. The lowest BCUT2D eigenvalue weighted by molar-refractivity contribution is -0.757. The Labute approximate surface area is 187 Å². The molecule has 0 aromatic carbocycles. The van der Waals surface area contributed by atoms with Crippen LogP contribution in [0.3, 0.4) is 0 Å². The number of aromatic nitrogens is 2. The Bertz CT molecular complexity index is 1010. The number of esters is 2.